The quantitative estimate of drug-likeness (QED) is 0.852. The zero-order valence-electron chi connectivity index (χ0n) is 12.4. The third kappa shape index (κ3) is 3.92. The molecule has 0 bridgehead atoms. The molecule has 1 heterocycles. The van der Waals surface area contributed by atoms with Gasteiger partial charge in [-0.05, 0) is 31.9 Å². The van der Waals surface area contributed by atoms with E-state index >= 15 is 0 Å². The summed E-state index contributed by atoms with van der Waals surface area (Å²) >= 11 is 0. The van der Waals surface area contributed by atoms with Crippen molar-refractivity contribution in [2.75, 3.05) is 19.3 Å². The van der Waals surface area contributed by atoms with Crippen LogP contribution in [0.1, 0.15) is 24.0 Å². The Morgan fingerprint density at radius 1 is 1.23 bits per heavy atom. The van der Waals surface area contributed by atoms with E-state index in [-0.39, 0.29) is 17.4 Å². The van der Waals surface area contributed by atoms with E-state index in [9.17, 15) is 21.6 Å². The number of hydrogen-bond acceptors (Lipinski definition) is 3. The second kappa shape index (κ2) is 6.08. The summed E-state index contributed by atoms with van der Waals surface area (Å²) in [5.74, 6) is 0.202. The molecule has 2 rings (SSSR count). The minimum Gasteiger partial charge on any atom is -0.490 e. The molecule has 0 radical (unpaired) electrons. The maximum Gasteiger partial charge on any atom is 0.416 e. The molecule has 8 heteroatoms. The standard InChI is InChI=1S/C14H18F3NO3S/c1-10-12(14(15,16)17)4-3-5-13(10)21-11-6-8-18(9-7-11)22(2,19)20/h3-5,11H,6-9H2,1-2H3. The van der Waals surface area contributed by atoms with Crippen molar-refractivity contribution in [3.8, 4) is 5.75 Å². The highest BCUT2D eigenvalue weighted by atomic mass is 32.2. The van der Waals surface area contributed by atoms with Gasteiger partial charge in [-0.25, -0.2) is 12.7 Å². The molecule has 1 aliphatic rings. The van der Waals surface area contributed by atoms with Gasteiger partial charge in [-0.15, -0.1) is 0 Å². The van der Waals surface area contributed by atoms with E-state index in [1.165, 1.54) is 23.4 Å². The fourth-order valence-corrected chi connectivity index (χ4v) is 3.38. The number of alkyl halides is 3. The molecule has 0 spiro atoms. The predicted molar refractivity (Wildman–Crippen MR) is 76.2 cm³/mol. The maximum absolute atomic E-state index is 12.9. The molecule has 1 aromatic rings. The Kier molecular flexibility index (Phi) is 4.72. The van der Waals surface area contributed by atoms with E-state index in [2.05, 4.69) is 0 Å². The van der Waals surface area contributed by atoms with Crippen LogP contribution in [-0.4, -0.2) is 38.2 Å². The van der Waals surface area contributed by atoms with Crippen LogP contribution in [0.15, 0.2) is 18.2 Å². The van der Waals surface area contributed by atoms with Crippen LogP contribution in [-0.2, 0) is 16.2 Å². The van der Waals surface area contributed by atoms with Gasteiger partial charge in [0.25, 0.3) is 0 Å². The summed E-state index contributed by atoms with van der Waals surface area (Å²) in [6.07, 6.45) is -2.63. The first-order valence-corrected chi connectivity index (χ1v) is 8.72. The number of ether oxygens (including phenoxy) is 1. The van der Waals surface area contributed by atoms with E-state index in [0.29, 0.717) is 25.9 Å². The van der Waals surface area contributed by atoms with Crippen molar-refractivity contribution in [2.45, 2.75) is 32.0 Å². The van der Waals surface area contributed by atoms with E-state index < -0.39 is 21.8 Å². The highest BCUT2D eigenvalue weighted by Crippen LogP contribution is 2.36. The zero-order chi connectivity index (χ0) is 16.5. The molecule has 1 saturated heterocycles. The first-order chi connectivity index (χ1) is 10.1. The van der Waals surface area contributed by atoms with Gasteiger partial charge in [-0.2, -0.15) is 13.2 Å². The minimum absolute atomic E-state index is 0.0561. The minimum atomic E-state index is -4.41. The zero-order valence-corrected chi connectivity index (χ0v) is 13.2. The highest BCUT2D eigenvalue weighted by molar-refractivity contribution is 7.88. The summed E-state index contributed by atoms with van der Waals surface area (Å²) < 4.78 is 68.4. The lowest BCUT2D eigenvalue weighted by atomic mass is 10.1. The molecule has 1 fully saturated rings. The summed E-state index contributed by atoms with van der Waals surface area (Å²) in [5.41, 5.74) is -0.654. The molecule has 1 aliphatic heterocycles. The normalized spacial score (nSPS) is 18.4. The molecule has 1 aromatic carbocycles. The summed E-state index contributed by atoms with van der Waals surface area (Å²) in [4.78, 5) is 0. The van der Waals surface area contributed by atoms with Crippen LogP contribution < -0.4 is 4.74 Å². The molecule has 0 aromatic heterocycles. The topological polar surface area (TPSA) is 46.6 Å². The third-order valence-electron chi connectivity index (χ3n) is 3.75. The Hall–Kier alpha value is -1.28. The van der Waals surface area contributed by atoms with Crippen molar-refractivity contribution in [3.63, 3.8) is 0 Å². The highest BCUT2D eigenvalue weighted by Gasteiger charge is 2.34. The lowest BCUT2D eigenvalue weighted by molar-refractivity contribution is -0.138. The van der Waals surface area contributed by atoms with Gasteiger partial charge in [-0.1, -0.05) is 6.07 Å². The van der Waals surface area contributed by atoms with Gasteiger partial charge < -0.3 is 4.74 Å². The molecule has 0 N–H and O–H groups in total. The Morgan fingerprint density at radius 2 is 1.82 bits per heavy atom. The number of piperidine rings is 1. The van der Waals surface area contributed by atoms with Crippen LogP contribution in [0.2, 0.25) is 0 Å². The smallest absolute Gasteiger partial charge is 0.416 e. The van der Waals surface area contributed by atoms with Crippen LogP contribution in [0.5, 0.6) is 5.75 Å². The number of halogens is 3. The molecule has 0 amide bonds. The van der Waals surface area contributed by atoms with E-state index in [4.69, 9.17) is 4.74 Å². The van der Waals surface area contributed by atoms with Crippen molar-refractivity contribution in [3.05, 3.63) is 29.3 Å². The molecule has 0 saturated carbocycles. The van der Waals surface area contributed by atoms with Gasteiger partial charge in [0.1, 0.15) is 11.9 Å². The average molecular weight is 337 g/mol. The van der Waals surface area contributed by atoms with Gasteiger partial charge >= 0.3 is 6.18 Å². The van der Waals surface area contributed by atoms with Gasteiger partial charge in [0.2, 0.25) is 10.0 Å². The lowest BCUT2D eigenvalue weighted by Gasteiger charge is -2.31. The van der Waals surface area contributed by atoms with E-state index in [0.717, 1.165) is 12.3 Å². The van der Waals surface area contributed by atoms with Crippen molar-refractivity contribution < 1.29 is 26.3 Å². The summed E-state index contributed by atoms with van der Waals surface area (Å²) in [6.45, 7) is 2.02. The second-order valence-corrected chi connectivity index (χ2v) is 7.39. The Labute approximate surface area is 127 Å². The molecular formula is C14H18F3NO3S. The number of sulfonamides is 1. The molecule has 4 nitrogen and oxygen atoms in total. The predicted octanol–water partition coefficient (Wildman–Crippen LogP) is 2.82. The number of nitrogens with zero attached hydrogens (tertiary/aromatic N) is 1. The summed E-state index contributed by atoms with van der Waals surface area (Å²) in [6, 6.07) is 3.85. The summed E-state index contributed by atoms with van der Waals surface area (Å²) in [5, 5.41) is 0. The SMILES string of the molecule is Cc1c(OC2CCN(S(C)(=O)=O)CC2)cccc1C(F)(F)F. The van der Waals surface area contributed by atoms with Crippen LogP contribution >= 0.6 is 0 Å². The van der Waals surface area contributed by atoms with Crippen molar-refractivity contribution in [1.29, 1.82) is 0 Å². The van der Waals surface area contributed by atoms with Gasteiger partial charge in [0.15, 0.2) is 0 Å². The first-order valence-electron chi connectivity index (χ1n) is 6.87. The molecule has 22 heavy (non-hydrogen) atoms. The maximum atomic E-state index is 12.9. The van der Waals surface area contributed by atoms with Gasteiger partial charge in [-0.3, -0.25) is 0 Å². The Bertz CT molecular complexity index is 635. The van der Waals surface area contributed by atoms with Gasteiger partial charge in [0.05, 0.1) is 11.8 Å². The molecule has 0 unspecified atom stereocenters. The Balaban J connectivity index is 2.07. The van der Waals surface area contributed by atoms with Crippen LogP contribution in [0, 0.1) is 6.92 Å². The largest absolute Gasteiger partial charge is 0.490 e. The molecule has 124 valence electrons. The first kappa shape index (κ1) is 17.1. The van der Waals surface area contributed by atoms with E-state index in [1.54, 1.807) is 0 Å². The van der Waals surface area contributed by atoms with Crippen LogP contribution in [0.25, 0.3) is 0 Å². The number of benzene rings is 1. The fourth-order valence-electron chi connectivity index (χ4n) is 2.51. The van der Waals surface area contributed by atoms with E-state index in [1.807, 2.05) is 0 Å². The third-order valence-corrected chi connectivity index (χ3v) is 5.06. The van der Waals surface area contributed by atoms with Gasteiger partial charge in [0, 0.05) is 18.7 Å². The second-order valence-electron chi connectivity index (χ2n) is 5.41. The number of rotatable bonds is 3. The lowest BCUT2D eigenvalue weighted by Crippen LogP contribution is -2.41. The number of hydrogen-bond donors (Lipinski definition) is 0. The molecule has 0 aliphatic carbocycles. The van der Waals surface area contributed by atoms with Crippen molar-refractivity contribution in [1.82, 2.24) is 4.31 Å². The Morgan fingerprint density at radius 3 is 2.32 bits per heavy atom. The summed E-state index contributed by atoms with van der Waals surface area (Å²) in [7, 11) is -3.23. The van der Waals surface area contributed by atoms with Crippen LogP contribution in [0.4, 0.5) is 13.2 Å². The van der Waals surface area contributed by atoms with Crippen molar-refractivity contribution in [2.24, 2.45) is 0 Å². The molecule has 0 atom stereocenters. The fraction of sp³-hybridized carbons (Fsp3) is 0.571. The van der Waals surface area contributed by atoms with Crippen LogP contribution in [0.3, 0.4) is 0 Å². The molecular weight excluding hydrogens is 319 g/mol. The van der Waals surface area contributed by atoms with Crippen molar-refractivity contribution >= 4 is 10.0 Å². The average Bonchev–Trinajstić information content (AvgIpc) is 2.39. The monoisotopic (exact) mass is 337 g/mol.